The van der Waals surface area contributed by atoms with Crippen LogP contribution in [0.25, 0.3) is 0 Å². The maximum atomic E-state index is 12.7. The van der Waals surface area contributed by atoms with E-state index in [4.69, 9.17) is 5.11 Å². The molecule has 10 heteroatoms. The largest absolute Gasteiger partial charge is 0.477 e. The summed E-state index contributed by atoms with van der Waals surface area (Å²) in [6.45, 7) is 1.32. The second kappa shape index (κ2) is 5.36. The molecule has 1 aliphatic heterocycles. The van der Waals surface area contributed by atoms with Gasteiger partial charge in [-0.25, -0.2) is 4.79 Å². The number of thiophene rings is 1. The molecular weight excluding hydrogens is 321 g/mol. The number of halogens is 3. The Morgan fingerprint density at radius 2 is 2.09 bits per heavy atom. The van der Waals surface area contributed by atoms with Gasteiger partial charge in [-0.1, -0.05) is 0 Å². The molecule has 0 amide bonds. The van der Waals surface area contributed by atoms with E-state index in [9.17, 15) is 18.0 Å². The third kappa shape index (κ3) is 2.83. The Morgan fingerprint density at radius 3 is 2.73 bits per heavy atom. The summed E-state index contributed by atoms with van der Waals surface area (Å²) < 4.78 is 39.3. The Morgan fingerprint density at radius 1 is 1.32 bits per heavy atom. The van der Waals surface area contributed by atoms with Crippen LogP contribution in [-0.2, 0) is 25.8 Å². The third-order valence-corrected chi connectivity index (χ3v) is 4.40. The van der Waals surface area contributed by atoms with Crippen molar-refractivity contribution in [3.8, 4) is 0 Å². The maximum absolute atomic E-state index is 12.7. The number of fused-ring (bicyclic) bond motifs is 1. The van der Waals surface area contributed by atoms with Gasteiger partial charge in [0.2, 0.25) is 5.82 Å². The molecular formula is C12H11F3N4O2S. The molecule has 22 heavy (non-hydrogen) atoms. The molecule has 0 unspecified atom stereocenters. The molecule has 3 rings (SSSR count). The van der Waals surface area contributed by atoms with Gasteiger partial charge >= 0.3 is 12.1 Å². The van der Waals surface area contributed by atoms with Crippen molar-refractivity contribution in [1.82, 2.24) is 19.7 Å². The van der Waals surface area contributed by atoms with Crippen LogP contribution in [0.2, 0.25) is 0 Å². The van der Waals surface area contributed by atoms with Gasteiger partial charge in [0.15, 0.2) is 0 Å². The van der Waals surface area contributed by atoms with Crippen LogP contribution in [0.1, 0.15) is 26.2 Å². The van der Waals surface area contributed by atoms with E-state index in [1.807, 2.05) is 4.90 Å². The summed E-state index contributed by atoms with van der Waals surface area (Å²) in [6, 6.07) is 3.24. The van der Waals surface area contributed by atoms with Crippen LogP contribution in [0, 0.1) is 0 Å². The number of alkyl halides is 3. The number of carbonyl (C=O) groups is 1. The van der Waals surface area contributed by atoms with Crippen molar-refractivity contribution in [1.29, 1.82) is 0 Å². The molecule has 0 aliphatic carbocycles. The van der Waals surface area contributed by atoms with Gasteiger partial charge in [0.1, 0.15) is 10.7 Å². The molecule has 6 nitrogen and oxygen atoms in total. The van der Waals surface area contributed by atoms with Gasteiger partial charge in [0.05, 0.1) is 6.54 Å². The molecule has 1 N–H and O–H groups in total. The van der Waals surface area contributed by atoms with Crippen LogP contribution in [0.15, 0.2) is 12.1 Å². The second-order valence-corrected chi connectivity index (χ2v) is 6.04. The topological polar surface area (TPSA) is 71.2 Å². The van der Waals surface area contributed by atoms with E-state index in [2.05, 4.69) is 10.2 Å². The SMILES string of the molecule is O=C(O)c1ccc(CN2CCn3c(nnc3C(F)(F)F)C2)s1. The zero-order valence-corrected chi connectivity index (χ0v) is 12.0. The Labute approximate surface area is 126 Å². The predicted molar refractivity (Wildman–Crippen MR) is 70.4 cm³/mol. The summed E-state index contributed by atoms with van der Waals surface area (Å²) >= 11 is 1.16. The van der Waals surface area contributed by atoms with Gasteiger partial charge in [-0.15, -0.1) is 21.5 Å². The first-order valence-corrected chi connectivity index (χ1v) is 7.20. The molecule has 0 fully saturated rings. The van der Waals surface area contributed by atoms with Gasteiger partial charge in [-0.2, -0.15) is 13.2 Å². The minimum absolute atomic E-state index is 0.161. The lowest BCUT2D eigenvalue weighted by Gasteiger charge is -2.27. The molecule has 2 aromatic rings. The number of carboxylic acid groups (broad SMARTS) is 1. The van der Waals surface area contributed by atoms with E-state index < -0.39 is 18.0 Å². The van der Waals surface area contributed by atoms with Crippen LogP contribution in [0.3, 0.4) is 0 Å². The Bertz CT molecular complexity index is 710. The average molecular weight is 332 g/mol. The van der Waals surface area contributed by atoms with Crippen molar-refractivity contribution in [2.75, 3.05) is 6.54 Å². The highest BCUT2D eigenvalue weighted by molar-refractivity contribution is 7.13. The molecule has 1 aliphatic rings. The summed E-state index contributed by atoms with van der Waals surface area (Å²) in [5, 5.41) is 15.7. The predicted octanol–water partition coefficient (Wildman–Crippen LogP) is 2.07. The first-order chi connectivity index (χ1) is 10.3. The monoisotopic (exact) mass is 332 g/mol. The average Bonchev–Trinajstić information content (AvgIpc) is 3.03. The third-order valence-electron chi connectivity index (χ3n) is 3.34. The van der Waals surface area contributed by atoms with E-state index in [1.54, 1.807) is 6.07 Å². The van der Waals surface area contributed by atoms with Gasteiger partial charge in [-0.3, -0.25) is 4.90 Å². The minimum Gasteiger partial charge on any atom is -0.477 e. The molecule has 0 aromatic carbocycles. The molecule has 0 bridgehead atoms. The van der Waals surface area contributed by atoms with Gasteiger partial charge in [0.25, 0.3) is 0 Å². The van der Waals surface area contributed by atoms with Crippen molar-refractivity contribution in [2.24, 2.45) is 0 Å². The summed E-state index contributed by atoms with van der Waals surface area (Å²) in [6.07, 6.45) is -4.50. The molecule has 0 spiro atoms. The summed E-state index contributed by atoms with van der Waals surface area (Å²) in [5.74, 6) is -1.68. The van der Waals surface area contributed by atoms with Crippen molar-refractivity contribution in [3.63, 3.8) is 0 Å². The van der Waals surface area contributed by atoms with E-state index >= 15 is 0 Å². The van der Waals surface area contributed by atoms with Crippen LogP contribution in [0.4, 0.5) is 13.2 Å². The molecule has 2 aromatic heterocycles. The Kier molecular flexibility index (Phi) is 3.65. The lowest BCUT2D eigenvalue weighted by molar-refractivity contribution is -0.148. The van der Waals surface area contributed by atoms with Crippen LogP contribution < -0.4 is 0 Å². The highest BCUT2D eigenvalue weighted by atomic mass is 32.1. The van der Waals surface area contributed by atoms with Crippen molar-refractivity contribution >= 4 is 17.3 Å². The van der Waals surface area contributed by atoms with Gasteiger partial charge < -0.3 is 9.67 Å². The number of hydrogen-bond acceptors (Lipinski definition) is 5. The van der Waals surface area contributed by atoms with Crippen LogP contribution in [0.5, 0.6) is 0 Å². The van der Waals surface area contributed by atoms with Crippen LogP contribution in [-0.4, -0.2) is 37.3 Å². The van der Waals surface area contributed by atoms with E-state index in [0.717, 1.165) is 20.8 Å². The Balaban J connectivity index is 1.72. The molecule has 0 saturated carbocycles. The van der Waals surface area contributed by atoms with Crippen molar-refractivity contribution in [3.05, 3.63) is 33.5 Å². The zero-order valence-electron chi connectivity index (χ0n) is 11.2. The maximum Gasteiger partial charge on any atom is 0.451 e. The standard InChI is InChI=1S/C12H11F3N4O2S/c13-12(14,15)11-17-16-9-6-18(3-4-19(9)11)5-7-1-2-8(22-7)10(20)21/h1-2H,3-6H2,(H,20,21). The van der Waals surface area contributed by atoms with Crippen molar-refractivity contribution < 1.29 is 23.1 Å². The fourth-order valence-corrected chi connectivity index (χ4v) is 3.24. The molecule has 118 valence electrons. The van der Waals surface area contributed by atoms with Gasteiger partial charge in [-0.05, 0) is 12.1 Å². The first kappa shape index (κ1) is 15.0. The van der Waals surface area contributed by atoms with E-state index in [1.165, 1.54) is 6.07 Å². The lowest BCUT2D eigenvalue weighted by atomic mass is 10.3. The van der Waals surface area contributed by atoms with Gasteiger partial charge in [0, 0.05) is 24.5 Å². The van der Waals surface area contributed by atoms with E-state index in [-0.39, 0.29) is 23.8 Å². The smallest absolute Gasteiger partial charge is 0.451 e. The quantitative estimate of drug-likeness (QED) is 0.932. The Hall–Kier alpha value is -1.94. The molecule has 0 radical (unpaired) electrons. The summed E-state index contributed by atoms with van der Waals surface area (Å²) in [4.78, 5) is 13.8. The number of nitrogens with zero attached hydrogens (tertiary/aromatic N) is 4. The fraction of sp³-hybridized carbons (Fsp3) is 0.417. The first-order valence-electron chi connectivity index (χ1n) is 6.38. The summed E-state index contributed by atoms with van der Waals surface area (Å²) in [5.41, 5.74) is 0. The fourth-order valence-electron chi connectivity index (χ4n) is 2.35. The number of carboxylic acids is 1. The highest BCUT2D eigenvalue weighted by Crippen LogP contribution is 2.30. The minimum atomic E-state index is -4.50. The van der Waals surface area contributed by atoms with Crippen molar-refractivity contribution in [2.45, 2.75) is 25.8 Å². The van der Waals surface area contributed by atoms with Crippen LogP contribution >= 0.6 is 11.3 Å². The number of rotatable bonds is 3. The summed E-state index contributed by atoms with van der Waals surface area (Å²) in [7, 11) is 0. The van der Waals surface area contributed by atoms with E-state index in [0.29, 0.717) is 13.1 Å². The zero-order chi connectivity index (χ0) is 15.9. The second-order valence-electron chi connectivity index (χ2n) is 4.87. The number of aromatic nitrogens is 3. The molecule has 3 heterocycles. The number of hydrogen-bond donors (Lipinski definition) is 1. The molecule has 0 atom stereocenters. The number of aromatic carboxylic acids is 1. The highest BCUT2D eigenvalue weighted by Gasteiger charge is 2.39. The normalized spacial score (nSPS) is 15.8. The molecule has 0 saturated heterocycles. The lowest BCUT2D eigenvalue weighted by Crippen LogP contribution is -2.34.